The van der Waals surface area contributed by atoms with Gasteiger partial charge in [0.25, 0.3) is 0 Å². The Morgan fingerprint density at radius 3 is 2.43 bits per heavy atom. The first-order valence-electron chi connectivity index (χ1n) is 9.91. The van der Waals surface area contributed by atoms with Crippen LogP contribution in [0.15, 0.2) is 67.1 Å². The van der Waals surface area contributed by atoms with E-state index in [1.807, 2.05) is 42.7 Å². The van der Waals surface area contributed by atoms with E-state index in [2.05, 4.69) is 49.1 Å². The van der Waals surface area contributed by atoms with Gasteiger partial charge in [-0.2, -0.15) is 0 Å². The SMILES string of the molecule is S=C1NC(c2ccccn2)C(c2cccn2-c2ccccn2)N1C1CCCC1. The summed E-state index contributed by atoms with van der Waals surface area (Å²) in [5.41, 5.74) is 2.21. The van der Waals surface area contributed by atoms with Crippen molar-refractivity contribution in [3.05, 3.63) is 78.5 Å². The molecule has 6 heteroatoms. The van der Waals surface area contributed by atoms with Gasteiger partial charge >= 0.3 is 0 Å². The van der Waals surface area contributed by atoms with Crippen LogP contribution in [0.5, 0.6) is 0 Å². The first kappa shape index (κ1) is 17.4. The lowest BCUT2D eigenvalue weighted by atomic mass is 9.99. The average molecular weight is 390 g/mol. The quantitative estimate of drug-likeness (QED) is 0.678. The van der Waals surface area contributed by atoms with Crippen LogP contribution in [0.4, 0.5) is 0 Å². The molecule has 28 heavy (non-hydrogen) atoms. The second-order valence-electron chi connectivity index (χ2n) is 7.46. The molecule has 2 fully saturated rings. The molecule has 1 aliphatic heterocycles. The van der Waals surface area contributed by atoms with Crippen LogP contribution in [-0.4, -0.2) is 30.6 Å². The van der Waals surface area contributed by atoms with Crippen LogP contribution in [0.1, 0.15) is 49.2 Å². The van der Waals surface area contributed by atoms with Crippen LogP contribution in [0, 0.1) is 0 Å². The van der Waals surface area contributed by atoms with E-state index in [0.29, 0.717) is 6.04 Å². The first-order valence-corrected chi connectivity index (χ1v) is 10.3. The van der Waals surface area contributed by atoms with Crippen molar-refractivity contribution >= 4 is 17.3 Å². The van der Waals surface area contributed by atoms with Crippen molar-refractivity contribution in [2.45, 2.75) is 43.8 Å². The number of hydrogen-bond donors (Lipinski definition) is 1. The molecule has 3 aromatic heterocycles. The molecular weight excluding hydrogens is 366 g/mol. The summed E-state index contributed by atoms with van der Waals surface area (Å²) in [4.78, 5) is 11.6. The molecule has 0 spiro atoms. The predicted octanol–water partition coefficient (Wildman–Crippen LogP) is 4.18. The standard InChI is InChI=1S/C22H23N5S/c28-22-25-20(17-10-3-5-13-23-17)21(27(22)16-8-1-2-9-16)18-11-7-15-26(18)19-12-4-6-14-24-19/h3-7,10-16,20-21H,1-2,8-9H2,(H,25,28). The van der Waals surface area contributed by atoms with Gasteiger partial charge < -0.3 is 14.8 Å². The summed E-state index contributed by atoms with van der Waals surface area (Å²) in [7, 11) is 0. The number of aromatic nitrogens is 3. The molecule has 0 bridgehead atoms. The van der Waals surface area contributed by atoms with Crippen molar-refractivity contribution in [2.75, 3.05) is 0 Å². The van der Waals surface area contributed by atoms with Crippen molar-refractivity contribution in [1.82, 2.24) is 24.8 Å². The highest BCUT2D eigenvalue weighted by Crippen LogP contribution is 2.43. The minimum atomic E-state index is 0.0201. The van der Waals surface area contributed by atoms with Crippen molar-refractivity contribution in [3.8, 4) is 5.82 Å². The summed E-state index contributed by atoms with van der Waals surface area (Å²) >= 11 is 5.83. The van der Waals surface area contributed by atoms with E-state index in [1.54, 1.807) is 0 Å². The van der Waals surface area contributed by atoms with E-state index >= 15 is 0 Å². The zero-order valence-electron chi connectivity index (χ0n) is 15.6. The first-order chi connectivity index (χ1) is 13.8. The predicted molar refractivity (Wildman–Crippen MR) is 113 cm³/mol. The van der Waals surface area contributed by atoms with E-state index in [-0.39, 0.29) is 12.1 Å². The third kappa shape index (κ3) is 2.98. The smallest absolute Gasteiger partial charge is 0.170 e. The highest BCUT2D eigenvalue weighted by Gasteiger charge is 2.44. The molecular formula is C22H23N5S. The molecule has 0 aromatic carbocycles. The van der Waals surface area contributed by atoms with Gasteiger partial charge in [0.15, 0.2) is 5.11 Å². The van der Waals surface area contributed by atoms with E-state index in [9.17, 15) is 0 Å². The van der Waals surface area contributed by atoms with Gasteiger partial charge in [-0.1, -0.05) is 25.0 Å². The number of pyridine rings is 2. The molecule has 1 aliphatic carbocycles. The summed E-state index contributed by atoms with van der Waals surface area (Å²) in [5, 5.41) is 4.41. The molecule has 2 aliphatic rings. The highest BCUT2D eigenvalue weighted by molar-refractivity contribution is 7.80. The third-order valence-corrected chi connectivity index (χ3v) is 6.16. The molecule has 4 heterocycles. The largest absolute Gasteiger partial charge is 0.352 e. The third-order valence-electron chi connectivity index (χ3n) is 5.83. The Balaban J connectivity index is 1.62. The molecule has 5 rings (SSSR count). The monoisotopic (exact) mass is 389 g/mol. The Morgan fingerprint density at radius 2 is 1.71 bits per heavy atom. The molecule has 0 amide bonds. The van der Waals surface area contributed by atoms with E-state index < -0.39 is 0 Å². The number of thiocarbonyl (C=S) groups is 1. The fourth-order valence-corrected chi connectivity index (χ4v) is 4.99. The zero-order chi connectivity index (χ0) is 18.9. The topological polar surface area (TPSA) is 46.0 Å². The molecule has 3 aromatic rings. The molecule has 142 valence electrons. The molecule has 2 atom stereocenters. The van der Waals surface area contributed by atoms with Gasteiger partial charge in [0.2, 0.25) is 0 Å². The lowest BCUT2D eigenvalue weighted by Gasteiger charge is -2.33. The maximum Gasteiger partial charge on any atom is 0.170 e. The van der Waals surface area contributed by atoms with Gasteiger partial charge in [0.05, 0.1) is 17.8 Å². The van der Waals surface area contributed by atoms with Crippen molar-refractivity contribution in [2.24, 2.45) is 0 Å². The van der Waals surface area contributed by atoms with Crippen molar-refractivity contribution < 1.29 is 0 Å². The summed E-state index contributed by atoms with van der Waals surface area (Å²) in [5.74, 6) is 0.923. The molecule has 0 radical (unpaired) electrons. The maximum absolute atomic E-state index is 5.83. The molecule has 5 nitrogen and oxygen atoms in total. The van der Waals surface area contributed by atoms with Crippen molar-refractivity contribution in [1.29, 1.82) is 0 Å². The summed E-state index contributed by atoms with van der Waals surface area (Å²) < 4.78 is 2.18. The van der Waals surface area contributed by atoms with E-state index in [1.165, 1.54) is 31.4 Å². The highest BCUT2D eigenvalue weighted by atomic mass is 32.1. The Hall–Kier alpha value is -2.73. The maximum atomic E-state index is 5.83. The lowest BCUT2D eigenvalue weighted by Crippen LogP contribution is -2.38. The van der Waals surface area contributed by atoms with Gasteiger partial charge in [-0.3, -0.25) is 4.98 Å². The molecule has 2 unspecified atom stereocenters. The van der Waals surface area contributed by atoms with Crippen LogP contribution in [0.3, 0.4) is 0 Å². The fraction of sp³-hybridized carbons (Fsp3) is 0.318. The van der Waals surface area contributed by atoms with E-state index in [4.69, 9.17) is 12.2 Å². The van der Waals surface area contributed by atoms with E-state index in [0.717, 1.165) is 16.6 Å². The Kier molecular flexibility index (Phi) is 4.56. The molecule has 1 saturated heterocycles. The number of nitrogens with zero attached hydrogens (tertiary/aromatic N) is 4. The second kappa shape index (κ2) is 7.36. The van der Waals surface area contributed by atoms with Crippen LogP contribution >= 0.6 is 12.2 Å². The normalized spacial score (nSPS) is 22.6. The number of nitrogens with one attached hydrogen (secondary N) is 1. The zero-order valence-corrected chi connectivity index (χ0v) is 16.4. The van der Waals surface area contributed by atoms with Gasteiger partial charge in [0.1, 0.15) is 5.82 Å². The minimum absolute atomic E-state index is 0.0201. The van der Waals surface area contributed by atoms with Gasteiger partial charge in [0, 0.05) is 30.3 Å². The number of rotatable bonds is 4. The number of hydrogen-bond acceptors (Lipinski definition) is 3. The Bertz CT molecular complexity index is 949. The van der Waals surface area contributed by atoms with Crippen molar-refractivity contribution in [3.63, 3.8) is 0 Å². The fourth-order valence-electron chi connectivity index (χ4n) is 4.60. The molecule has 1 N–H and O–H groups in total. The summed E-state index contributed by atoms with van der Waals surface area (Å²) in [6, 6.07) is 17.0. The summed E-state index contributed by atoms with van der Waals surface area (Å²) in [6.07, 6.45) is 10.7. The van der Waals surface area contributed by atoms with Gasteiger partial charge in [-0.25, -0.2) is 4.98 Å². The Labute approximate surface area is 170 Å². The van der Waals surface area contributed by atoms with Crippen LogP contribution < -0.4 is 5.32 Å². The second-order valence-corrected chi connectivity index (χ2v) is 7.85. The van der Waals surface area contributed by atoms with Crippen LogP contribution in [0.2, 0.25) is 0 Å². The van der Waals surface area contributed by atoms with Crippen LogP contribution in [-0.2, 0) is 0 Å². The summed E-state index contributed by atoms with van der Waals surface area (Å²) in [6.45, 7) is 0. The minimum Gasteiger partial charge on any atom is -0.352 e. The van der Waals surface area contributed by atoms with Gasteiger partial charge in [-0.15, -0.1) is 0 Å². The Morgan fingerprint density at radius 1 is 0.929 bits per heavy atom. The lowest BCUT2D eigenvalue weighted by molar-refractivity contribution is 0.239. The average Bonchev–Trinajstić information content (AvgIpc) is 3.48. The molecule has 1 saturated carbocycles. The van der Waals surface area contributed by atoms with Gasteiger partial charge in [-0.05, 0) is 61.5 Å². The van der Waals surface area contributed by atoms with Crippen LogP contribution in [0.25, 0.3) is 5.82 Å².